The number of benzene rings is 2. The van der Waals surface area contributed by atoms with E-state index in [2.05, 4.69) is 15.3 Å². The zero-order valence-corrected chi connectivity index (χ0v) is 14.9. The molecule has 0 aliphatic carbocycles. The Morgan fingerprint density at radius 2 is 1.89 bits per heavy atom. The third-order valence-electron chi connectivity index (χ3n) is 4.26. The van der Waals surface area contributed by atoms with Gasteiger partial charge in [0.1, 0.15) is 12.1 Å². The first kappa shape index (κ1) is 18.3. The van der Waals surface area contributed by atoms with Crippen molar-refractivity contribution in [2.75, 3.05) is 18.1 Å². The Labute approximate surface area is 156 Å². The summed E-state index contributed by atoms with van der Waals surface area (Å²) < 4.78 is 12.8. The normalized spacial score (nSPS) is 12.0. The molecule has 2 aromatic carbocycles. The van der Waals surface area contributed by atoms with Crippen LogP contribution in [0, 0.1) is 5.82 Å². The lowest BCUT2D eigenvalue weighted by Gasteiger charge is -2.08. The van der Waals surface area contributed by atoms with Crippen molar-refractivity contribution in [3.05, 3.63) is 72.1 Å². The Morgan fingerprint density at radius 3 is 2.56 bits per heavy atom. The summed E-state index contributed by atoms with van der Waals surface area (Å²) in [7, 11) is 1.82. The minimum Gasteiger partial charge on any atom is -0.397 e. The van der Waals surface area contributed by atoms with Crippen molar-refractivity contribution in [1.82, 2.24) is 14.9 Å². The largest absolute Gasteiger partial charge is 0.397 e. The number of carbonyl (C=O) groups is 1. The molecular formula is C20H20FN5O. The van der Waals surface area contributed by atoms with E-state index in [1.165, 1.54) is 18.5 Å². The number of hydrogen-bond acceptors (Lipinski definition) is 5. The fraction of sp³-hybridized carbons (Fsp3) is 0.150. The van der Waals surface area contributed by atoms with Gasteiger partial charge in [0, 0.05) is 25.4 Å². The maximum Gasteiger partial charge on any atom is 0.210 e. The highest BCUT2D eigenvalue weighted by Crippen LogP contribution is 2.26. The van der Waals surface area contributed by atoms with Crippen molar-refractivity contribution in [2.45, 2.75) is 13.1 Å². The van der Waals surface area contributed by atoms with Crippen LogP contribution in [0.3, 0.4) is 0 Å². The highest BCUT2D eigenvalue weighted by molar-refractivity contribution is 5.75. The van der Waals surface area contributed by atoms with Crippen molar-refractivity contribution in [3.63, 3.8) is 0 Å². The van der Waals surface area contributed by atoms with Gasteiger partial charge in [-0.3, -0.25) is 4.79 Å². The van der Waals surface area contributed by atoms with E-state index in [0.29, 0.717) is 18.8 Å². The quantitative estimate of drug-likeness (QED) is 0.550. The maximum absolute atomic E-state index is 12.8. The van der Waals surface area contributed by atoms with Crippen molar-refractivity contribution in [3.8, 4) is 11.1 Å². The van der Waals surface area contributed by atoms with Gasteiger partial charge in [0.15, 0.2) is 0 Å². The smallest absolute Gasteiger partial charge is 0.210 e. The Balaban J connectivity index is 0.000000166. The molecule has 1 aromatic heterocycles. The third kappa shape index (κ3) is 4.38. The maximum atomic E-state index is 12.8. The molecule has 1 aliphatic heterocycles. The lowest BCUT2D eigenvalue weighted by Crippen LogP contribution is -2.12. The molecule has 0 radical (unpaired) electrons. The van der Waals surface area contributed by atoms with Gasteiger partial charge in [-0.15, -0.1) is 0 Å². The second-order valence-electron chi connectivity index (χ2n) is 6.06. The number of fused-ring (bicyclic) bond motifs is 1. The van der Waals surface area contributed by atoms with Gasteiger partial charge in [-0.25, -0.2) is 14.4 Å². The summed E-state index contributed by atoms with van der Waals surface area (Å²) in [6.07, 6.45) is 4.10. The molecule has 0 atom stereocenters. The Hall–Kier alpha value is -3.48. The van der Waals surface area contributed by atoms with Crippen LogP contribution >= 0.6 is 0 Å². The van der Waals surface area contributed by atoms with E-state index in [9.17, 15) is 9.18 Å². The highest BCUT2D eigenvalue weighted by Gasteiger charge is 2.17. The number of nitrogens with zero attached hydrogens (tertiary/aromatic N) is 3. The molecule has 1 amide bonds. The Bertz CT molecular complexity index is 905. The summed E-state index contributed by atoms with van der Waals surface area (Å²) in [4.78, 5) is 19.9. The first-order chi connectivity index (χ1) is 13.1. The van der Waals surface area contributed by atoms with Gasteiger partial charge < -0.3 is 16.0 Å². The van der Waals surface area contributed by atoms with Gasteiger partial charge >= 0.3 is 0 Å². The van der Waals surface area contributed by atoms with Crippen LogP contribution in [0.2, 0.25) is 0 Å². The molecule has 3 N–H and O–H groups in total. The fourth-order valence-corrected chi connectivity index (χ4v) is 2.79. The predicted molar refractivity (Wildman–Crippen MR) is 103 cm³/mol. The molecule has 0 unspecified atom stereocenters. The molecule has 0 saturated heterocycles. The molecular weight excluding hydrogens is 345 g/mol. The van der Waals surface area contributed by atoms with Gasteiger partial charge in [0.2, 0.25) is 6.41 Å². The first-order valence-electron chi connectivity index (χ1n) is 8.41. The molecule has 4 rings (SSSR count). The number of amides is 1. The number of carbonyl (C=O) groups excluding carboxylic acids is 1. The summed E-state index contributed by atoms with van der Waals surface area (Å²) in [5.74, 6) is -0.229. The summed E-state index contributed by atoms with van der Waals surface area (Å²) >= 11 is 0. The molecule has 0 fully saturated rings. The fourth-order valence-electron chi connectivity index (χ4n) is 2.79. The van der Waals surface area contributed by atoms with Crippen molar-refractivity contribution in [1.29, 1.82) is 0 Å². The van der Waals surface area contributed by atoms with Crippen molar-refractivity contribution < 1.29 is 9.18 Å². The van der Waals surface area contributed by atoms with Crippen LogP contribution in [0.15, 0.2) is 55.0 Å². The van der Waals surface area contributed by atoms with Crippen LogP contribution in [0.25, 0.3) is 11.1 Å². The van der Waals surface area contributed by atoms with Crippen LogP contribution in [0.4, 0.5) is 15.8 Å². The van der Waals surface area contributed by atoms with E-state index in [1.807, 2.05) is 25.2 Å². The number of rotatable bonds is 3. The lowest BCUT2D eigenvalue weighted by molar-refractivity contribution is -0.118. The number of nitrogens with two attached hydrogens (primary N) is 1. The predicted octanol–water partition coefficient (Wildman–Crippen LogP) is 3.07. The Morgan fingerprint density at radius 1 is 1.15 bits per heavy atom. The van der Waals surface area contributed by atoms with E-state index in [0.717, 1.165) is 34.5 Å². The van der Waals surface area contributed by atoms with Crippen molar-refractivity contribution >= 4 is 17.8 Å². The zero-order valence-electron chi connectivity index (χ0n) is 14.9. The molecule has 1 aliphatic rings. The number of anilines is 2. The molecule has 7 heteroatoms. The molecule has 27 heavy (non-hydrogen) atoms. The molecule has 0 saturated carbocycles. The van der Waals surface area contributed by atoms with Gasteiger partial charge in [-0.1, -0.05) is 18.2 Å². The number of aromatic nitrogens is 2. The van der Waals surface area contributed by atoms with E-state index < -0.39 is 0 Å². The number of halogens is 1. The number of nitrogen functional groups attached to an aromatic ring is 1. The second kappa shape index (κ2) is 8.27. The van der Waals surface area contributed by atoms with Crippen LogP contribution in [-0.4, -0.2) is 28.3 Å². The molecule has 0 spiro atoms. The molecule has 0 bridgehead atoms. The third-order valence-corrected chi connectivity index (χ3v) is 4.26. The second-order valence-corrected chi connectivity index (χ2v) is 6.06. The molecule has 2 heterocycles. The van der Waals surface area contributed by atoms with Crippen LogP contribution in [0.5, 0.6) is 0 Å². The summed E-state index contributed by atoms with van der Waals surface area (Å²) in [6, 6.07) is 12.1. The number of hydrogen-bond donors (Lipinski definition) is 2. The SMILES string of the molecule is CNc1cc(-c2ccc(F)cc2)ccc1N.O=CN1Cc2cncnc2C1. The van der Waals surface area contributed by atoms with Gasteiger partial charge in [-0.05, 0) is 35.4 Å². The average molecular weight is 365 g/mol. The van der Waals surface area contributed by atoms with E-state index in [-0.39, 0.29) is 5.82 Å². The van der Waals surface area contributed by atoms with Crippen molar-refractivity contribution in [2.24, 2.45) is 0 Å². The summed E-state index contributed by atoms with van der Waals surface area (Å²) in [5, 5.41) is 3.02. The topological polar surface area (TPSA) is 84.1 Å². The Kier molecular flexibility index (Phi) is 5.61. The molecule has 138 valence electrons. The first-order valence-corrected chi connectivity index (χ1v) is 8.41. The molecule has 3 aromatic rings. The van der Waals surface area contributed by atoms with E-state index in [4.69, 9.17) is 5.73 Å². The number of nitrogens with one attached hydrogen (secondary N) is 1. The van der Waals surface area contributed by atoms with Gasteiger partial charge in [0.05, 0.1) is 23.6 Å². The minimum absolute atomic E-state index is 0.229. The van der Waals surface area contributed by atoms with Crippen LogP contribution in [-0.2, 0) is 17.9 Å². The summed E-state index contributed by atoms with van der Waals surface area (Å²) in [6.45, 7) is 1.28. The van der Waals surface area contributed by atoms with Crippen LogP contribution < -0.4 is 11.1 Å². The van der Waals surface area contributed by atoms with Crippen LogP contribution in [0.1, 0.15) is 11.3 Å². The van der Waals surface area contributed by atoms with E-state index >= 15 is 0 Å². The minimum atomic E-state index is -0.229. The van der Waals surface area contributed by atoms with E-state index in [1.54, 1.807) is 23.2 Å². The lowest BCUT2D eigenvalue weighted by atomic mass is 10.0. The average Bonchev–Trinajstić information content (AvgIpc) is 3.13. The monoisotopic (exact) mass is 365 g/mol. The summed E-state index contributed by atoms with van der Waals surface area (Å²) in [5.41, 5.74) is 11.4. The standard InChI is InChI=1S/C13H13FN2.C7H7N3O/c1-16-13-8-10(4-7-12(13)15)9-2-5-11(14)6-3-9;11-5-10-2-6-1-8-4-9-7(6)3-10/h2-8,16H,15H2,1H3;1,4-5H,2-3H2. The highest BCUT2D eigenvalue weighted by atomic mass is 19.1. The van der Waals surface area contributed by atoms with Gasteiger partial charge in [-0.2, -0.15) is 0 Å². The van der Waals surface area contributed by atoms with Gasteiger partial charge in [0.25, 0.3) is 0 Å². The zero-order chi connectivity index (χ0) is 19.2. The molecule has 6 nitrogen and oxygen atoms in total.